The van der Waals surface area contributed by atoms with Crippen molar-refractivity contribution in [2.75, 3.05) is 33.4 Å². The minimum atomic E-state index is -0.505. The topological polar surface area (TPSA) is 71.5 Å². The van der Waals surface area contributed by atoms with Gasteiger partial charge in [0.15, 0.2) is 0 Å². The number of benzene rings is 1. The van der Waals surface area contributed by atoms with Crippen LogP contribution in [0.3, 0.4) is 0 Å². The van der Waals surface area contributed by atoms with Gasteiger partial charge in [0.2, 0.25) is 0 Å². The monoisotopic (exact) mass is 399 g/mol. The van der Waals surface area contributed by atoms with Crippen molar-refractivity contribution in [3.63, 3.8) is 0 Å². The van der Waals surface area contributed by atoms with Gasteiger partial charge in [-0.15, -0.1) is 0 Å². The second kappa shape index (κ2) is 9.60. The van der Waals surface area contributed by atoms with Crippen molar-refractivity contribution in [1.82, 2.24) is 15.2 Å². The van der Waals surface area contributed by atoms with Crippen LogP contribution in [0, 0.1) is 12.7 Å². The van der Waals surface area contributed by atoms with Gasteiger partial charge in [-0.3, -0.25) is 14.6 Å². The number of rotatable bonds is 6. The number of hydrogen-bond donors (Lipinski definition) is 1. The number of hydrogen-bond acceptors (Lipinski definition) is 4. The Labute approximate surface area is 170 Å². The largest absolute Gasteiger partial charge is 0.383 e. The second-order valence-corrected chi connectivity index (χ2v) is 7.18. The van der Waals surface area contributed by atoms with E-state index in [1.807, 2.05) is 13.0 Å². The maximum Gasteiger partial charge on any atom is 0.256 e. The Morgan fingerprint density at radius 1 is 1.17 bits per heavy atom. The van der Waals surface area contributed by atoms with Gasteiger partial charge in [0.1, 0.15) is 5.82 Å². The van der Waals surface area contributed by atoms with E-state index >= 15 is 0 Å². The van der Waals surface area contributed by atoms with Crippen LogP contribution in [0.25, 0.3) is 0 Å². The van der Waals surface area contributed by atoms with Crippen LogP contribution in [0.15, 0.2) is 36.4 Å². The summed E-state index contributed by atoms with van der Waals surface area (Å²) in [5.41, 5.74) is 2.26. The molecule has 7 heteroatoms. The fourth-order valence-electron chi connectivity index (χ4n) is 3.60. The number of aromatic nitrogens is 1. The molecular formula is C22H26FN3O3. The number of pyridine rings is 1. The van der Waals surface area contributed by atoms with E-state index in [0.717, 1.165) is 11.4 Å². The van der Waals surface area contributed by atoms with Crippen molar-refractivity contribution in [3.05, 3.63) is 64.7 Å². The highest BCUT2D eigenvalue weighted by atomic mass is 19.1. The molecule has 29 heavy (non-hydrogen) atoms. The molecule has 1 fully saturated rings. The fourth-order valence-corrected chi connectivity index (χ4v) is 3.60. The maximum absolute atomic E-state index is 13.9. The molecule has 1 N–H and O–H groups in total. The van der Waals surface area contributed by atoms with Crippen molar-refractivity contribution in [3.8, 4) is 0 Å². The molecule has 0 aliphatic carbocycles. The van der Waals surface area contributed by atoms with Crippen LogP contribution in [0.4, 0.5) is 4.39 Å². The summed E-state index contributed by atoms with van der Waals surface area (Å²) in [5, 5.41) is 2.84. The number of nitrogens with zero attached hydrogens (tertiary/aromatic N) is 2. The van der Waals surface area contributed by atoms with Gasteiger partial charge in [-0.25, -0.2) is 4.39 Å². The first-order valence-corrected chi connectivity index (χ1v) is 9.79. The zero-order valence-corrected chi connectivity index (χ0v) is 16.8. The normalized spacial score (nSPS) is 14.7. The number of carbonyl (C=O) groups is 2. The number of likely N-dealkylation sites (tertiary alicyclic amines) is 1. The highest BCUT2D eigenvalue weighted by molar-refractivity contribution is 5.96. The van der Waals surface area contributed by atoms with E-state index in [0.29, 0.717) is 44.6 Å². The summed E-state index contributed by atoms with van der Waals surface area (Å²) < 4.78 is 18.9. The number of ether oxygens (including phenoxy) is 1. The fraction of sp³-hybridized carbons (Fsp3) is 0.409. The van der Waals surface area contributed by atoms with E-state index < -0.39 is 5.82 Å². The van der Waals surface area contributed by atoms with Crippen molar-refractivity contribution >= 4 is 11.8 Å². The lowest BCUT2D eigenvalue weighted by Gasteiger charge is -2.32. The van der Waals surface area contributed by atoms with Crippen molar-refractivity contribution in [2.24, 2.45) is 0 Å². The highest BCUT2D eigenvalue weighted by Gasteiger charge is 2.29. The molecule has 2 amide bonds. The molecule has 0 spiro atoms. The molecule has 0 bridgehead atoms. The standard InChI is InChI=1S/C22H26FN3O3/c1-15-7-8-18(21(27)24-11-14-29-2)20(25-15)16-9-12-26(13-10-16)22(28)17-5-3-4-6-19(17)23/h3-8,16H,9-14H2,1-2H3,(H,24,27). The van der Waals surface area contributed by atoms with E-state index in [1.54, 1.807) is 30.2 Å². The van der Waals surface area contributed by atoms with Crippen LogP contribution in [0.5, 0.6) is 0 Å². The Morgan fingerprint density at radius 3 is 2.59 bits per heavy atom. The molecule has 0 radical (unpaired) electrons. The zero-order valence-electron chi connectivity index (χ0n) is 16.8. The predicted molar refractivity (Wildman–Crippen MR) is 107 cm³/mol. The molecule has 1 aromatic heterocycles. The van der Waals surface area contributed by atoms with E-state index in [1.165, 1.54) is 12.1 Å². The van der Waals surface area contributed by atoms with Gasteiger partial charge in [-0.05, 0) is 44.0 Å². The smallest absolute Gasteiger partial charge is 0.256 e. The van der Waals surface area contributed by atoms with Gasteiger partial charge in [-0.2, -0.15) is 0 Å². The Kier molecular flexibility index (Phi) is 6.93. The predicted octanol–water partition coefficient (Wildman–Crippen LogP) is 2.93. The van der Waals surface area contributed by atoms with Gasteiger partial charge in [0, 0.05) is 38.4 Å². The minimum absolute atomic E-state index is 0.0720. The summed E-state index contributed by atoms with van der Waals surface area (Å²) in [6.07, 6.45) is 1.35. The van der Waals surface area contributed by atoms with Crippen molar-refractivity contribution < 1.29 is 18.7 Å². The Hall–Kier alpha value is -2.80. The Morgan fingerprint density at radius 2 is 1.90 bits per heavy atom. The van der Waals surface area contributed by atoms with Crippen LogP contribution in [-0.2, 0) is 4.74 Å². The quantitative estimate of drug-likeness (QED) is 0.758. The Balaban J connectivity index is 1.70. The third-order valence-electron chi connectivity index (χ3n) is 5.17. The first-order chi connectivity index (χ1) is 14.0. The maximum atomic E-state index is 13.9. The molecule has 0 atom stereocenters. The Bertz CT molecular complexity index is 879. The SMILES string of the molecule is COCCNC(=O)c1ccc(C)nc1C1CCN(C(=O)c2ccccc2F)CC1. The summed E-state index contributed by atoms with van der Waals surface area (Å²) in [5.74, 6) is -0.900. The lowest BCUT2D eigenvalue weighted by Crippen LogP contribution is -2.39. The summed E-state index contributed by atoms with van der Waals surface area (Å²) in [6.45, 7) is 3.76. The van der Waals surface area contributed by atoms with Crippen LogP contribution in [0.1, 0.15) is 50.9 Å². The number of aryl methyl sites for hydroxylation is 1. The first-order valence-electron chi connectivity index (χ1n) is 9.79. The van der Waals surface area contributed by atoms with Gasteiger partial charge in [-0.1, -0.05) is 12.1 Å². The van der Waals surface area contributed by atoms with E-state index in [-0.39, 0.29) is 23.3 Å². The average molecular weight is 399 g/mol. The number of amides is 2. The van der Waals surface area contributed by atoms with Gasteiger partial charge in [0.25, 0.3) is 11.8 Å². The van der Waals surface area contributed by atoms with E-state index in [2.05, 4.69) is 10.3 Å². The lowest BCUT2D eigenvalue weighted by atomic mass is 9.89. The van der Waals surface area contributed by atoms with E-state index in [4.69, 9.17) is 4.74 Å². The number of carbonyl (C=O) groups excluding carboxylic acids is 2. The second-order valence-electron chi connectivity index (χ2n) is 7.18. The van der Waals surface area contributed by atoms with Gasteiger partial charge < -0.3 is 15.0 Å². The summed E-state index contributed by atoms with van der Waals surface area (Å²) in [4.78, 5) is 31.5. The molecule has 1 aliphatic rings. The molecule has 1 saturated heterocycles. The van der Waals surface area contributed by atoms with Crippen LogP contribution in [0.2, 0.25) is 0 Å². The summed E-state index contributed by atoms with van der Waals surface area (Å²) >= 11 is 0. The third kappa shape index (κ3) is 4.98. The third-order valence-corrected chi connectivity index (χ3v) is 5.17. The minimum Gasteiger partial charge on any atom is -0.383 e. The molecule has 1 aliphatic heterocycles. The molecule has 0 unspecified atom stereocenters. The van der Waals surface area contributed by atoms with Gasteiger partial charge in [0.05, 0.1) is 23.4 Å². The molecule has 6 nitrogen and oxygen atoms in total. The average Bonchev–Trinajstić information content (AvgIpc) is 2.74. The van der Waals surface area contributed by atoms with Crippen molar-refractivity contribution in [1.29, 1.82) is 0 Å². The molecule has 3 rings (SSSR count). The number of halogens is 1. The van der Waals surface area contributed by atoms with Crippen LogP contribution >= 0.6 is 0 Å². The van der Waals surface area contributed by atoms with Gasteiger partial charge >= 0.3 is 0 Å². The first kappa shape index (κ1) is 20.9. The summed E-state index contributed by atoms with van der Waals surface area (Å²) in [7, 11) is 1.58. The van der Waals surface area contributed by atoms with Crippen molar-refractivity contribution in [2.45, 2.75) is 25.7 Å². The highest BCUT2D eigenvalue weighted by Crippen LogP contribution is 2.30. The number of piperidine rings is 1. The number of nitrogens with one attached hydrogen (secondary N) is 1. The van der Waals surface area contributed by atoms with Crippen LogP contribution in [-0.4, -0.2) is 55.0 Å². The molecular weight excluding hydrogens is 373 g/mol. The zero-order chi connectivity index (χ0) is 20.8. The molecule has 2 heterocycles. The molecule has 2 aromatic rings. The van der Waals surface area contributed by atoms with Crippen LogP contribution < -0.4 is 5.32 Å². The molecule has 0 saturated carbocycles. The van der Waals surface area contributed by atoms with E-state index in [9.17, 15) is 14.0 Å². The molecule has 1 aromatic carbocycles. The number of methoxy groups -OCH3 is 1. The summed E-state index contributed by atoms with van der Waals surface area (Å²) in [6, 6.07) is 9.66. The molecule has 154 valence electrons. The lowest BCUT2D eigenvalue weighted by molar-refractivity contribution is 0.0705.